The molecule has 3 aromatic rings. The molecule has 1 aliphatic rings. The minimum absolute atomic E-state index is 0.265. The lowest BCUT2D eigenvalue weighted by atomic mass is 9.96. The summed E-state index contributed by atoms with van der Waals surface area (Å²) >= 11 is 2.38. The quantitative estimate of drug-likeness (QED) is 0.420. The van der Waals surface area contributed by atoms with Crippen LogP contribution in [-0.4, -0.2) is 15.0 Å². The predicted octanol–water partition coefficient (Wildman–Crippen LogP) is 4.86. The summed E-state index contributed by atoms with van der Waals surface area (Å²) in [5.74, 6) is 0. The van der Waals surface area contributed by atoms with Crippen molar-refractivity contribution < 1.29 is 0 Å². The number of hydrogen-bond donors (Lipinski definition) is 0. The lowest BCUT2D eigenvalue weighted by molar-refractivity contribution is 0.519. The molecule has 4 rings (SSSR count). The number of benzene rings is 2. The van der Waals surface area contributed by atoms with Gasteiger partial charge in [0, 0.05) is 17.2 Å². The van der Waals surface area contributed by atoms with Crippen molar-refractivity contribution in [2.24, 2.45) is 0 Å². The standard InChI is InChI=1S/C18H17IN4/c1-12(2)23-18-14-8-4-3-7-13(14)11-22(19)16-10-6-5-9-15(16)17(18)20-21-23/h3-10,12H,11H2,1-2H3. The first kappa shape index (κ1) is 14.7. The second kappa shape index (κ2) is 5.63. The minimum Gasteiger partial charge on any atom is -0.310 e. The van der Waals surface area contributed by atoms with Crippen molar-refractivity contribution in [3.63, 3.8) is 0 Å². The molecule has 4 nitrogen and oxygen atoms in total. The van der Waals surface area contributed by atoms with E-state index in [4.69, 9.17) is 0 Å². The number of hydrogen-bond acceptors (Lipinski definition) is 3. The van der Waals surface area contributed by atoms with Crippen LogP contribution in [-0.2, 0) is 6.54 Å². The van der Waals surface area contributed by atoms with E-state index in [1.54, 1.807) is 0 Å². The maximum absolute atomic E-state index is 4.54. The maximum atomic E-state index is 4.54. The smallest absolute Gasteiger partial charge is 0.123 e. The van der Waals surface area contributed by atoms with Crippen LogP contribution in [0.4, 0.5) is 5.69 Å². The Bertz CT molecular complexity index is 869. The normalized spacial score (nSPS) is 13.1. The molecule has 0 saturated carbocycles. The average Bonchev–Trinajstić information content (AvgIpc) is 2.99. The second-order valence-electron chi connectivity index (χ2n) is 6.02. The topological polar surface area (TPSA) is 34.0 Å². The molecule has 2 aromatic carbocycles. The highest BCUT2D eigenvalue weighted by molar-refractivity contribution is 14.1. The molecule has 0 fully saturated rings. The van der Waals surface area contributed by atoms with Crippen LogP contribution in [0.3, 0.4) is 0 Å². The fraction of sp³-hybridized carbons (Fsp3) is 0.222. The predicted molar refractivity (Wildman–Crippen MR) is 101 cm³/mol. The minimum atomic E-state index is 0.265. The molecule has 0 N–H and O–H groups in total. The highest BCUT2D eigenvalue weighted by Gasteiger charge is 2.26. The van der Waals surface area contributed by atoms with Crippen molar-refractivity contribution in [1.82, 2.24) is 15.0 Å². The van der Waals surface area contributed by atoms with Crippen LogP contribution < -0.4 is 3.11 Å². The zero-order valence-electron chi connectivity index (χ0n) is 13.1. The lowest BCUT2D eigenvalue weighted by Gasteiger charge is -2.25. The van der Waals surface area contributed by atoms with E-state index in [2.05, 4.69) is 98.7 Å². The van der Waals surface area contributed by atoms with E-state index in [1.165, 1.54) is 16.8 Å². The molecule has 2 heterocycles. The van der Waals surface area contributed by atoms with E-state index in [0.717, 1.165) is 23.5 Å². The average molecular weight is 416 g/mol. The van der Waals surface area contributed by atoms with E-state index < -0.39 is 0 Å². The van der Waals surface area contributed by atoms with Gasteiger partial charge in [-0.2, -0.15) is 0 Å². The number of halogens is 1. The summed E-state index contributed by atoms with van der Waals surface area (Å²) in [5.41, 5.74) is 6.91. The molecule has 0 atom stereocenters. The van der Waals surface area contributed by atoms with Crippen molar-refractivity contribution in [1.29, 1.82) is 0 Å². The van der Waals surface area contributed by atoms with Crippen LogP contribution in [0.2, 0.25) is 0 Å². The molecule has 0 radical (unpaired) electrons. The molecule has 1 aromatic heterocycles. The van der Waals surface area contributed by atoms with Gasteiger partial charge in [0.05, 0.1) is 40.8 Å². The summed E-state index contributed by atoms with van der Waals surface area (Å²) in [5, 5.41) is 8.99. The van der Waals surface area contributed by atoms with Crippen LogP contribution in [0.1, 0.15) is 25.5 Å². The first-order chi connectivity index (χ1) is 11.2. The molecular formula is C18H17IN4. The molecule has 0 saturated heterocycles. The monoisotopic (exact) mass is 416 g/mol. The van der Waals surface area contributed by atoms with E-state index in [0.29, 0.717) is 0 Å². The van der Waals surface area contributed by atoms with Crippen molar-refractivity contribution in [3.05, 3.63) is 54.1 Å². The second-order valence-corrected chi connectivity index (χ2v) is 7.18. The van der Waals surface area contributed by atoms with Gasteiger partial charge in [0.25, 0.3) is 0 Å². The SMILES string of the molecule is CC(C)n1nnc2c1-c1ccccc1CN(I)c1ccccc1-2. The molecule has 0 spiro atoms. The fourth-order valence-electron chi connectivity index (χ4n) is 3.10. The van der Waals surface area contributed by atoms with Gasteiger partial charge in [0.1, 0.15) is 5.69 Å². The van der Waals surface area contributed by atoms with E-state index in [1.807, 2.05) is 4.68 Å². The van der Waals surface area contributed by atoms with Gasteiger partial charge in [-0.25, -0.2) is 4.68 Å². The number of fused-ring (bicyclic) bond motifs is 5. The zero-order valence-corrected chi connectivity index (χ0v) is 15.2. The van der Waals surface area contributed by atoms with Crippen molar-refractivity contribution >= 4 is 28.6 Å². The van der Waals surface area contributed by atoms with Crippen molar-refractivity contribution in [2.75, 3.05) is 3.11 Å². The molecule has 1 aliphatic heterocycles. The summed E-state index contributed by atoms with van der Waals surface area (Å²) in [4.78, 5) is 0. The summed E-state index contributed by atoms with van der Waals surface area (Å²) in [6.07, 6.45) is 0. The Morgan fingerprint density at radius 2 is 1.70 bits per heavy atom. The Balaban J connectivity index is 2.10. The third-order valence-electron chi connectivity index (χ3n) is 4.19. The first-order valence-corrected chi connectivity index (χ1v) is 8.69. The maximum Gasteiger partial charge on any atom is 0.123 e. The van der Waals surface area contributed by atoms with Crippen LogP contribution >= 0.6 is 22.9 Å². The van der Waals surface area contributed by atoms with Crippen LogP contribution in [0.15, 0.2) is 48.5 Å². The van der Waals surface area contributed by atoms with Crippen LogP contribution in [0.5, 0.6) is 0 Å². The Labute approximate surface area is 149 Å². The van der Waals surface area contributed by atoms with Crippen LogP contribution in [0, 0.1) is 0 Å². The third kappa shape index (κ3) is 2.34. The number of para-hydroxylation sites is 1. The number of rotatable bonds is 1. The Kier molecular flexibility index (Phi) is 3.60. The summed E-state index contributed by atoms with van der Waals surface area (Å²) in [6, 6.07) is 17.2. The fourth-order valence-corrected chi connectivity index (χ4v) is 3.88. The zero-order chi connectivity index (χ0) is 16.0. The Morgan fingerprint density at radius 3 is 2.48 bits per heavy atom. The van der Waals surface area contributed by atoms with Gasteiger partial charge in [-0.15, -0.1) is 5.10 Å². The third-order valence-corrected chi connectivity index (χ3v) is 5.05. The van der Waals surface area contributed by atoms with Gasteiger partial charge in [-0.3, -0.25) is 0 Å². The molecule has 0 bridgehead atoms. The Hall–Kier alpha value is -1.89. The molecule has 0 unspecified atom stereocenters. The van der Waals surface area contributed by atoms with Crippen LogP contribution in [0.25, 0.3) is 22.5 Å². The molecule has 116 valence electrons. The number of aromatic nitrogens is 3. The van der Waals surface area contributed by atoms with Gasteiger partial charge in [0.2, 0.25) is 0 Å². The molecule has 0 aliphatic carbocycles. The number of nitrogens with zero attached hydrogens (tertiary/aromatic N) is 4. The lowest BCUT2D eigenvalue weighted by Crippen LogP contribution is -2.14. The Morgan fingerprint density at radius 1 is 1.00 bits per heavy atom. The summed E-state index contributed by atoms with van der Waals surface area (Å²) < 4.78 is 4.29. The van der Waals surface area contributed by atoms with Crippen molar-refractivity contribution in [2.45, 2.75) is 26.4 Å². The van der Waals surface area contributed by atoms with Gasteiger partial charge < -0.3 is 3.11 Å². The molecular weight excluding hydrogens is 399 g/mol. The van der Waals surface area contributed by atoms with Gasteiger partial charge in [0.15, 0.2) is 0 Å². The van der Waals surface area contributed by atoms with Gasteiger partial charge in [-0.1, -0.05) is 47.7 Å². The number of anilines is 1. The first-order valence-electron chi connectivity index (χ1n) is 7.73. The van der Waals surface area contributed by atoms with Gasteiger partial charge in [-0.05, 0) is 25.5 Å². The molecule has 0 amide bonds. The molecule has 23 heavy (non-hydrogen) atoms. The summed E-state index contributed by atoms with van der Waals surface area (Å²) in [6.45, 7) is 5.15. The van der Waals surface area contributed by atoms with E-state index in [-0.39, 0.29) is 6.04 Å². The largest absolute Gasteiger partial charge is 0.310 e. The van der Waals surface area contributed by atoms with Crippen molar-refractivity contribution in [3.8, 4) is 22.5 Å². The molecule has 5 heteroatoms. The highest BCUT2D eigenvalue weighted by Crippen LogP contribution is 2.42. The van der Waals surface area contributed by atoms with Gasteiger partial charge >= 0.3 is 0 Å². The van der Waals surface area contributed by atoms with E-state index in [9.17, 15) is 0 Å². The highest BCUT2D eigenvalue weighted by atomic mass is 127. The van der Waals surface area contributed by atoms with E-state index >= 15 is 0 Å². The summed E-state index contributed by atoms with van der Waals surface area (Å²) in [7, 11) is 0.